The fourth-order valence-corrected chi connectivity index (χ4v) is 3.39. The number of nitrogens with one attached hydrogen (secondary N) is 1. The molecule has 0 bridgehead atoms. The molecule has 2 aliphatic rings. The van der Waals surface area contributed by atoms with Crippen LogP contribution in [0.1, 0.15) is 69.3 Å². The molecule has 3 rings (SSSR count). The summed E-state index contributed by atoms with van der Waals surface area (Å²) >= 11 is 0. The number of rotatable bonds is 3. The Labute approximate surface area is 145 Å². The first kappa shape index (κ1) is 17.5. The molecule has 2 fully saturated rings. The summed E-state index contributed by atoms with van der Waals surface area (Å²) in [6, 6.07) is 6.10. The number of amides is 1. The van der Waals surface area contributed by atoms with Crippen molar-refractivity contribution in [2.75, 3.05) is 0 Å². The van der Waals surface area contributed by atoms with Crippen molar-refractivity contribution in [3.8, 4) is 0 Å². The normalized spacial score (nSPS) is 22.8. The van der Waals surface area contributed by atoms with Crippen LogP contribution in [0.2, 0.25) is 0 Å². The van der Waals surface area contributed by atoms with Gasteiger partial charge in [0.25, 0.3) is 5.91 Å². The van der Waals surface area contributed by atoms with E-state index in [0.29, 0.717) is 11.6 Å². The number of aryl methyl sites for hydroxylation is 1. The van der Waals surface area contributed by atoms with E-state index < -0.39 is 0 Å². The second kappa shape index (κ2) is 6.19. The fourth-order valence-electron chi connectivity index (χ4n) is 3.39. The average molecular weight is 329 g/mol. The van der Waals surface area contributed by atoms with Gasteiger partial charge in [0.1, 0.15) is 0 Å². The maximum Gasteiger partial charge on any atom is 0.495 e. The third kappa shape index (κ3) is 3.24. The first-order valence-electron chi connectivity index (χ1n) is 8.97. The van der Waals surface area contributed by atoms with Gasteiger partial charge < -0.3 is 14.6 Å². The van der Waals surface area contributed by atoms with E-state index in [9.17, 15) is 4.79 Å². The summed E-state index contributed by atoms with van der Waals surface area (Å²) < 4.78 is 12.2. The summed E-state index contributed by atoms with van der Waals surface area (Å²) in [6.45, 7) is 10.2. The molecule has 0 aromatic heterocycles. The minimum absolute atomic E-state index is 0.0190. The summed E-state index contributed by atoms with van der Waals surface area (Å²) in [6.07, 6.45) is 4.61. The van der Waals surface area contributed by atoms with Crippen LogP contribution >= 0.6 is 0 Å². The summed E-state index contributed by atoms with van der Waals surface area (Å²) in [7, 11) is -0.387. The topological polar surface area (TPSA) is 47.6 Å². The van der Waals surface area contributed by atoms with Gasteiger partial charge in [0.05, 0.1) is 11.2 Å². The van der Waals surface area contributed by atoms with Gasteiger partial charge >= 0.3 is 7.12 Å². The predicted octanol–water partition coefficient (Wildman–Crippen LogP) is 2.97. The molecule has 0 atom stereocenters. The van der Waals surface area contributed by atoms with Crippen LogP contribution in [0.25, 0.3) is 0 Å². The predicted molar refractivity (Wildman–Crippen MR) is 96.6 cm³/mol. The van der Waals surface area contributed by atoms with Crippen molar-refractivity contribution >= 4 is 18.5 Å². The number of benzene rings is 1. The van der Waals surface area contributed by atoms with Crippen LogP contribution in [0.3, 0.4) is 0 Å². The highest BCUT2D eigenvalue weighted by Gasteiger charge is 2.52. The highest BCUT2D eigenvalue weighted by atomic mass is 16.7. The van der Waals surface area contributed by atoms with Gasteiger partial charge in [0, 0.05) is 11.6 Å². The highest BCUT2D eigenvalue weighted by molar-refractivity contribution is 6.62. The van der Waals surface area contributed by atoms with Gasteiger partial charge in [-0.15, -0.1) is 0 Å². The zero-order chi connectivity index (χ0) is 17.5. The maximum absolute atomic E-state index is 12.4. The Morgan fingerprint density at radius 2 is 1.71 bits per heavy atom. The number of hydrogen-bond acceptors (Lipinski definition) is 3. The van der Waals surface area contributed by atoms with Crippen LogP contribution in [0.5, 0.6) is 0 Å². The van der Waals surface area contributed by atoms with Gasteiger partial charge in [-0.05, 0) is 65.1 Å². The lowest BCUT2D eigenvalue weighted by Gasteiger charge is -2.32. The molecule has 0 radical (unpaired) electrons. The maximum atomic E-state index is 12.4. The molecular weight excluding hydrogens is 301 g/mol. The molecule has 24 heavy (non-hydrogen) atoms. The molecule has 1 N–H and O–H groups in total. The van der Waals surface area contributed by atoms with Crippen molar-refractivity contribution < 1.29 is 14.1 Å². The van der Waals surface area contributed by atoms with E-state index in [0.717, 1.165) is 23.9 Å². The molecule has 4 nitrogen and oxygen atoms in total. The lowest BCUT2D eigenvalue weighted by atomic mass is 9.76. The number of hydrogen-bond donors (Lipinski definition) is 1. The SMILES string of the molecule is Cc1cc(C(=O)NC2CCCC2)ccc1B1OC(C)(C)C(C)(C)O1. The molecule has 5 heteroatoms. The zero-order valence-electron chi connectivity index (χ0n) is 15.4. The Morgan fingerprint density at radius 3 is 2.25 bits per heavy atom. The van der Waals surface area contributed by atoms with Crippen molar-refractivity contribution in [2.45, 2.75) is 77.5 Å². The molecule has 0 unspecified atom stereocenters. The molecule has 1 saturated heterocycles. The van der Waals surface area contributed by atoms with Gasteiger partial charge in [-0.25, -0.2) is 0 Å². The minimum Gasteiger partial charge on any atom is -0.399 e. The van der Waals surface area contributed by atoms with Crippen molar-refractivity contribution in [3.63, 3.8) is 0 Å². The van der Waals surface area contributed by atoms with E-state index in [1.807, 2.05) is 52.8 Å². The van der Waals surface area contributed by atoms with E-state index in [1.165, 1.54) is 12.8 Å². The average Bonchev–Trinajstić information content (AvgIpc) is 3.05. The fraction of sp³-hybridized carbons (Fsp3) is 0.632. The first-order chi connectivity index (χ1) is 11.2. The van der Waals surface area contributed by atoms with E-state index in [2.05, 4.69) is 5.32 Å². The molecular formula is C19H28BNO3. The summed E-state index contributed by atoms with van der Waals surface area (Å²) in [5, 5.41) is 3.14. The van der Waals surface area contributed by atoms with Crippen LogP contribution in [0.4, 0.5) is 0 Å². The monoisotopic (exact) mass is 329 g/mol. The molecule has 1 aliphatic carbocycles. The van der Waals surface area contributed by atoms with Gasteiger partial charge in [-0.2, -0.15) is 0 Å². The van der Waals surface area contributed by atoms with Crippen molar-refractivity contribution in [3.05, 3.63) is 29.3 Å². The Balaban J connectivity index is 1.74. The van der Waals surface area contributed by atoms with Crippen LogP contribution in [-0.4, -0.2) is 30.3 Å². The third-order valence-corrected chi connectivity index (χ3v) is 5.73. The van der Waals surface area contributed by atoms with Crippen molar-refractivity contribution in [1.29, 1.82) is 0 Å². The van der Waals surface area contributed by atoms with Crippen LogP contribution in [-0.2, 0) is 9.31 Å². The smallest absolute Gasteiger partial charge is 0.399 e. The summed E-state index contributed by atoms with van der Waals surface area (Å²) in [4.78, 5) is 12.4. The van der Waals surface area contributed by atoms with Gasteiger partial charge in [0.2, 0.25) is 0 Å². The minimum atomic E-state index is -0.387. The molecule has 1 aromatic rings. The Kier molecular flexibility index (Phi) is 4.52. The molecule has 1 aliphatic heterocycles. The summed E-state index contributed by atoms with van der Waals surface area (Å²) in [5.74, 6) is 0.0190. The van der Waals surface area contributed by atoms with Crippen LogP contribution in [0.15, 0.2) is 18.2 Å². The van der Waals surface area contributed by atoms with E-state index in [-0.39, 0.29) is 24.2 Å². The van der Waals surface area contributed by atoms with E-state index in [1.54, 1.807) is 0 Å². The van der Waals surface area contributed by atoms with Crippen LogP contribution in [0, 0.1) is 6.92 Å². The Bertz CT molecular complexity index is 619. The first-order valence-corrected chi connectivity index (χ1v) is 8.97. The Morgan fingerprint density at radius 1 is 1.12 bits per heavy atom. The van der Waals surface area contributed by atoms with Gasteiger partial charge in [-0.1, -0.05) is 24.5 Å². The lowest BCUT2D eigenvalue weighted by molar-refractivity contribution is 0.00578. The van der Waals surface area contributed by atoms with Gasteiger partial charge in [0.15, 0.2) is 0 Å². The molecule has 130 valence electrons. The zero-order valence-corrected chi connectivity index (χ0v) is 15.4. The van der Waals surface area contributed by atoms with Gasteiger partial charge in [-0.3, -0.25) is 4.79 Å². The highest BCUT2D eigenvalue weighted by Crippen LogP contribution is 2.36. The molecule has 0 spiro atoms. The molecule has 1 aromatic carbocycles. The standard InChI is InChI=1S/C19H28BNO3/c1-13-12-14(17(22)21-15-8-6-7-9-15)10-11-16(13)20-23-18(2,3)19(4,5)24-20/h10-12,15H,6-9H2,1-5H3,(H,21,22). The van der Waals surface area contributed by atoms with Crippen molar-refractivity contribution in [1.82, 2.24) is 5.32 Å². The largest absolute Gasteiger partial charge is 0.495 e. The molecule has 1 heterocycles. The quantitative estimate of drug-likeness (QED) is 0.868. The third-order valence-electron chi connectivity index (χ3n) is 5.73. The molecule has 1 saturated carbocycles. The number of carbonyl (C=O) groups is 1. The summed E-state index contributed by atoms with van der Waals surface area (Å²) in [5.41, 5.74) is 2.00. The van der Waals surface area contributed by atoms with Crippen molar-refractivity contribution in [2.24, 2.45) is 0 Å². The van der Waals surface area contributed by atoms with E-state index in [4.69, 9.17) is 9.31 Å². The molecule has 1 amide bonds. The second-order valence-corrected chi connectivity index (χ2v) is 8.11. The Hall–Kier alpha value is -1.33. The number of carbonyl (C=O) groups excluding carboxylic acids is 1. The second-order valence-electron chi connectivity index (χ2n) is 8.11. The van der Waals surface area contributed by atoms with Crippen LogP contribution < -0.4 is 10.8 Å². The lowest BCUT2D eigenvalue weighted by Crippen LogP contribution is -2.41. The van der Waals surface area contributed by atoms with E-state index >= 15 is 0 Å².